The van der Waals surface area contributed by atoms with Crippen molar-refractivity contribution in [1.82, 2.24) is 0 Å². The Hall–Kier alpha value is -4.58. The van der Waals surface area contributed by atoms with Gasteiger partial charge in [-0.25, -0.2) is 9.59 Å². The summed E-state index contributed by atoms with van der Waals surface area (Å²) < 4.78 is 12.2. The summed E-state index contributed by atoms with van der Waals surface area (Å²) in [7, 11) is 0. The van der Waals surface area contributed by atoms with Crippen molar-refractivity contribution in [1.29, 1.82) is 0 Å². The van der Waals surface area contributed by atoms with Crippen LogP contribution in [0.15, 0.2) is 97.1 Å². The highest BCUT2D eigenvalue weighted by atomic mass is 16.6. The minimum Gasteiger partial charge on any atom is -0.410 e. The van der Waals surface area contributed by atoms with Crippen LogP contribution in [0.25, 0.3) is 11.1 Å². The molecule has 0 fully saturated rings. The van der Waals surface area contributed by atoms with E-state index in [1.165, 1.54) is 48.3 Å². The Morgan fingerprint density at radius 1 is 0.511 bits per heavy atom. The van der Waals surface area contributed by atoms with Crippen molar-refractivity contribution in [2.45, 2.75) is 90.9 Å². The van der Waals surface area contributed by atoms with Gasteiger partial charge in [0.15, 0.2) is 0 Å². The zero-order chi connectivity index (χ0) is 32.8. The summed E-state index contributed by atoms with van der Waals surface area (Å²) in [5.41, 5.74) is 5.03. The maximum absolute atomic E-state index is 14.1. The van der Waals surface area contributed by atoms with Gasteiger partial charge in [0.25, 0.3) is 0 Å². The number of unbranched alkanes of at least 4 members (excludes halogenated alkanes) is 8. The lowest BCUT2D eigenvalue weighted by Crippen LogP contribution is -2.46. The zero-order valence-corrected chi connectivity index (χ0v) is 28.0. The molecule has 0 spiro atoms. The Labute approximate surface area is 280 Å². The van der Waals surface area contributed by atoms with Crippen LogP contribution in [0, 0.1) is 0 Å². The maximum Gasteiger partial charge on any atom is 0.421 e. The Morgan fingerprint density at radius 2 is 0.894 bits per heavy atom. The smallest absolute Gasteiger partial charge is 0.410 e. The van der Waals surface area contributed by atoms with Crippen LogP contribution in [0.2, 0.25) is 0 Å². The molecule has 6 heteroatoms. The Morgan fingerprint density at radius 3 is 1.34 bits per heavy atom. The minimum absolute atomic E-state index is 0.0654. The van der Waals surface area contributed by atoms with E-state index in [-0.39, 0.29) is 6.67 Å². The SMILES string of the molecule is CCCCCCCc1ccccc1OC(=O)N1CN(C(=O)Oc2ccccc2CCCCCCC)c2ccccc2-c2ccccc21. The monoisotopic (exact) mass is 632 g/mol. The van der Waals surface area contributed by atoms with Crippen LogP contribution in [0.5, 0.6) is 11.5 Å². The van der Waals surface area contributed by atoms with Gasteiger partial charge in [0.2, 0.25) is 0 Å². The summed E-state index contributed by atoms with van der Waals surface area (Å²) >= 11 is 0. The van der Waals surface area contributed by atoms with Crippen LogP contribution in [0.3, 0.4) is 0 Å². The van der Waals surface area contributed by atoms with Crippen LogP contribution in [-0.2, 0) is 12.8 Å². The summed E-state index contributed by atoms with van der Waals surface area (Å²) in [6.45, 7) is 4.36. The second kappa shape index (κ2) is 17.4. The van der Waals surface area contributed by atoms with Gasteiger partial charge in [-0.3, -0.25) is 9.80 Å². The van der Waals surface area contributed by atoms with Gasteiger partial charge in [-0.2, -0.15) is 0 Å². The van der Waals surface area contributed by atoms with Crippen molar-refractivity contribution in [3.63, 3.8) is 0 Å². The first-order chi connectivity index (χ1) is 23.1. The molecule has 47 heavy (non-hydrogen) atoms. The number of amides is 2. The second-order valence-electron chi connectivity index (χ2n) is 12.3. The van der Waals surface area contributed by atoms with Crippen LogP contribution in [-0.4, -0.2) is 18.9 Å². The molecule has 0 unspecified atom stereocenters. The number of fused-ring (bicyclic) bond motifs is 3. The van der Waals surface area contributed by atoms with E-state index >= 15 is 0 Å². The molecule has 0 radical (unpaired) electrons. The molecule has 0 saturated heterocycles. The molecular formula is C41H48N2O4. The van der Waals surface area contributed by atoms with E-state index in [1.807, 2.05) is 97.1 Å². The van der Waals surface area contributed by atoms with Crippen molar-refractivity contribution < 1.29 is 19.1 Å². The number of para-hydroxylation sites is 4. The molecule has 0 bridgehead atoms. The Kier molecular flexibility index (Phi) is 12.5. The van der Waals surface area contributed by atoms with Crippen LogP contribution < -0.4 is 19.3 Å². The molecule has 4 aromatic rings. The summed E-state index contributed by atoms with van der Waals surface area (Å²) in [5, 5.41) is 0. The summed E-state index contributed by atoms with van der Waals surface area (Å²) in [6.07, 6.45) is 12.2. The van der Waals surface area contributed by atoms with E-state index in [1.54, 1.807) is 0 Å². The van der Waals surface area contributed by atoms with Gasteiger partial charge in [0.05, 0.1) is 11.4 Å². The third kappa shape index (κ3) is 8.82. The largest absolute Gasteiger partial charge is 0.421 e. The normalized spacial score (nSPS) is 12.2. The molecule has 1 aliphatic heterocycles. The molecule has 0 atom stereocenters. The second-order valence-corrected chi connectivity index (χ2v) is 12.3. The number of hydrogen-bond donors (Lipinski definition) is 0. The Bertz CT molecular complexity index is 1500. The van der Waals surface area contributed by atoms with Crippen LogP contribution in [0.4, 0.5) is 21.0 Å². The molecule has 246 valence electrons. The summed E-state index contributed by atoms with van der Waals surface area (Å²) in [5.74, 6) is 1.10. The van der Waals surface area contributed by atoms with Gasteiger partial charge >= 0.3 is 12.2 Å². The standard InChI is InChI=1S/C41H48N2O4/c1-3-5-7-9-11-21-32-23-13-19-29-38(32)46-40(44)42-31-43(37-28-18-16-26-35(37)34-25-15-17-27-36(34)42)41(45)47-39-30-20-14-24-33(39)22-12-10-8-6-4-2/h13-20,23-30H,3-12,21-22,31H2,1-2H3. The van der Waals surface area contributed by atoms with Crippen LogP contribution >= 0.6 is 0 Å². The number of benzene rings is 4. The predicted molar refractivity (Wildman–Crippen MR) is 192 cm³/mol. The fourth-order valence-corrected chi connectivity index (χ4v) is 6.24. The molecule has 6 nitrogen and oxygen atoms in total. The van der Waals surface area contributed by atoms with Crippen molar-refractivity contribution in [3.05, 3.63) is 108 Å². The number of carbonyl (C=O) groups excluding carboxylic acids is 2. The number of anilines is 2. The van der Waals surface area contributed by atoms with E-state index in [2.05, 4.69) is 13.8 Å². The first-order valence-corrected chi connectivity index (χ1v) is 17.4. The summed E-state index contributed by atoms with van der Waals surface area (Å²) in [6, 6.07) is 30.9. The van der Waals surface area contributed by atoms with Gasteiger partial charge in [-0.05, 0) is 61.1 Å². The van der Waals surface area contributed by atoms with Gasteiger partial charge in [-0.15, -0.1) is 0 Å². The average Bonchev–Trinajstić information content (AvgIpc) is 3.25. The molecule has 4 aromatic carbocycles. The van der Waals surface area contributed by atoms with Gasteiger partial charge < -0.3 is 9.47 Å². The first-order valence-electron chi connectivity index (χ1n) is 17.4. The molecule has 1 heterocycles. The minimum atomic E-state index is -0.547. The summed E-state index contributed by atoms with van der Waals surface area (Å²) in [4.78, 5) is 31.3. The molecule has 5 rings (SSSR count). The Balaban J connectivity index is 1.40. The maximum atomic E-state index is 14.1. The van der Waals surface area contributed by atoms with E-state index in [0.717, 1.165) is 60.8 Å². The highest BCUT2D eigenvalue weighted by molar-refractivity contribution is 6.04. The topological polar surface area (TPSA) is 59.1 Å². The van der Waals surface area contributed by atoms with Gasteiger partial charge in [0, 0.05) is 11.1 Å². The molecule has 0 N–H and O–H groups in total. The molecular weight excluding hydrogens is 584 g/mol. The molecule has 1 aliphatic rings. The quantitative estimate of drug-likeness (QED) is 0.130. The van der Waals surface area contributed by atoms with Crippen LogP contribution in [0.1, 0.15) is 89.2 Å². The third-order valence-corrected chi connectivity index (χ3v) is 8.84. The van der Waals surface area contributed by atoms with Crippen molar-refractivity contribution >= 4 is 23.6 Å². The number of hydrogen-bond acceptors (Lipinski definition) is 4. The molecule has 0 saturated carbocycles. The van der Waals surface area contributed by atoms with Crippen molar-refractivity contribution in [3.8, 4) is 22.6 Å². The van der Waals surface area contributed by atoms with Gasteiger partial charge in [0.1, 0.15) is 18.2 Å². The fourth-order valence-electron chi connectivity index (χ4n) is 6.24. The zero-order valence-electron chi connectivity index (χ0n) is 28.0. The van der Waals surface area contributed by atoms with E-state index < -0.39 is 12.2 Å². The lowest BCUT2D eigenvalue weighted by Gasteiger charge is -2.28. The van der Waals surface area contributed by atoms with Crippen molar-refractivity contribution in [2.24, 2.45) is 0 Å². The molecule has 0 aliphatic carbocycles. The highest BCUT2D eigenvalue weighted by Crippen LogP contribution is 2.41. The molecule has 0 aromatic heterocycles. The van der Waals surface area contributed by atoms with E-state index in [0.29, 0.717) is 22.9 Å². The lowest BCUT2D eigenvalue weighted by molar-refractivity contribution is 0.202. The number of ether oxygens (including phenoxy) is 2. The number of aryl methyl sites for hydroxylation is 2. The first kappa shape index (κ1) is 33.8. The lowest BCUT2D eigenvalue weighted by atomic mass is 10.0. The highest BCUT2D eigenvalue weighted by Gasteiger charge is 2.33. The van der Waals surface area contributed by atoms with Gasteiger partial charge in [-0.1, -0.05) is 138 Å². The number of carbonyl (C=O) groups is 2. The average molecular weight is 633 g/mol. The van der Waals surface area contributed by atoms with E-state index in [4.69, 9.17) is 9.47 Å². The van der Waals surface area contributed by atoms with E-state index in [9.17, 15) is 9.59 Å². The predicted octanol–water partition coefficient (Wildman–Crippen LogP) is 11.4. The molecule has 2 amide bonds. The fraction of sp³-hybridized carbons (Fsp3) is 0.366. The number of rotatable bonds is 14. The third-order valence-electron chi connectivity index (χ3n) is 8.84. The number of nitrogens with zero attached hydrogens (tertiary/aromatic N) is 2. The van der Waals surface area contributed by atoms with Crippen molar-refractivity contribution in [2.75, 3.05) is 16.5 Å².